The Kier molecular flexibility index (Phi) is 7.82. The first-order valence-corrected chi connectivity index (χ1v) is 10.4. The number of rotatable bonds is 4. The molecule has 0 amide bonds. The van der Waals surface area contributed by atoms with Crippen molar-refractivity contribution in [2.75, 3.05) is 6.61 Å². The third-order valence-electron chi connectivity index (χ3n) is 5.92. The molecule has 5 rings (SSSR count). The Morgan fingerprint density at radius 1 is 0.935 bits per heavy atom. The molecule has 6 heteroatoms. The fraction of sp³-hybridized carbons (Fsp3) is 0.360. The van der Waals surface area contributed by atoms with E-state index in [4.69, 9.17) is 18.9 Å². The third-order valence-corrected chi connectivity index (χ3v) is 5.92. The molecule has 0 aliphatic carbocycles. The van der Waals surface area contributed by atoms with E-state index in [0.717, 1.165) is 11.1 Å². The zero-order valence-electron chi connectivity index (χ0n) is 17.5. The van der Waals surface area contributed by atoms with Crippen LogP contribution in [0.4, 0.5) is 0 Å². The maximum Gasteiger partial charge on any atom is 0.184 e. The van der Waals surface area contributed by atoms with Gasteiger partial charge >= 0.3 is 0 Å². The van der Waals surface area contributed by atoms with Gasteiger partial charge in [0.15, 0.2) is 6.29 Å². The molecule has 0 bridgehead atoms. The van der Waals surface area contributed by atoms with Gasteiger partial charge in [-0.3, -0.25) is 0 Å². The second kappa shape index (κ2) is 10.4. The third kappa shape index (κ3) is 5.07. The molecule has 31 heavy (non-hydrogen) atoms. The molecule has 2 fully saturated rings. The summed E-state index contributed by atoms with van der Waals surface area (Å²) in [6.45, 7) is 2.65. The maximum absolute atomic E-state index is 10.8. The first kappa shape index (κ1) is 23.3. The van der Waals surface area contributed by atoms with Crippen LogP contribution < -0.4 is 0 Å². The average molecular weight is 633 g/mol. The normalized spacial score (nSPS) is 30.4. The number of hydrogen-bond donors (Lipinski definition) is 1. The predicted molar refractivity (Wildman–Crippen MR) is 113 cm³/mol. The summed E-state index contributed by atoms with van der Waals surface area (Å²) in [4.78, 5) is 0. The van der Waals surface area contributed by atoms with E-state index in [1.54, 1.807) is 0 Å². The van der Waals surface area contributed by atoms with Crippen LogP contribution >= 0.6 is 0 Å². The molecule has 0 saturated carbocycles. The fourth-order valence-corrected chi connectivity index (χ4v) is 4.27. The largest absolute Gasteiger partial charge is 0.388 e. The van der Waals surface area contributed by atoms with Crippen LogP contribution in [0.3, 0.4) is 0 Å². The summed E-state index contributed by atoms with van der Waals surface area (Å²) in [6.07, 6.45) is -2.81. The number of aliphatic hydroxyl groups is 1. The van der Waals surface area contributed by atoms with Crippen molar-refractivity contribution in [2.24, 2.45) is 0 Å². The van der Waals surface area contributed by atoms with E-state index in [0.29, 0.717) is 13.2 Å². The smallest absolute Gasteiger partial charge is 0.184 e. The molecule has 0 aromatic heterocycles. The Morgan fingerprint density at radius 3 is 2.48 bits per heavy atom. The molecule has 2 saturated heterocycles. The molecule has 0 spiro atoms. The molecule has 3 aromatic rings. The molecule has 1 radical (unpaired) electrons. The van der Waals surface area contributed by atoms with Crippen molar-refractivity contribution in [1.82, 2.24) is 0 Å². The van der Waals surface area contributed by atoms with Gasteiger partial charge in [-0.05, 0) is 29.3 Å². The maximum atomic E-state index is 10.8. The van der Waals surface area contributed by atoms with Crippen molar-refractivity contribution in [3.63, 3.8) is 0 Å². The van der Waals surface area contributed by atoms with Gasteiger partial charge in [0.2, 0.25) is 0 Å². The van der Waals surface area contributed by atoms with Crippen LogP contribution in [0, 0.1) is 44.1 Å². The van der Waals surface area contributed by atoms with E-state index < -0.39 is 24.6 Å². The first-order valence-electron chi connectivity index (χ1n) is 10.4. The van der Waals surface area contributed by atoms with Crippen LogP contribution in [0.25, 0.3) is 10.8 Å². The standard InChI is InChI=1S/C25H26O5.Ac/c1-16-22(26)24(27-14-17-11-12-18-7-5-6-10-20(18)13-17)23-21(29-16)15-28-25(30-23)19-8-3-2-4-9-19;/h2-13,16,21-26H,14-15H2,1H3;/t16-,21?,22?,23+,24+,25?;/m0./s1. The SMILES string of the molecule is C[C@@H]1OC2COC(c3ccccc3)O[C@H]2[C@H](OCc2ccc3ccccc3c2)C1O.[Ac]. The van der Waals surface area contributed by atoms with E-state index in [1.807, 2.05) is 49.4 Å². The van der Waals surface area contributed by atoms with Crippen molar-refractivity contribution >= 4 is 10.8 Å². The van der Waals surface area contributed by atoms with E-state index in [2.05, 4.69) is 30.3 Å². The van der Waals surface area contributed by atoms with Crippen molar-refractivity contribution in [2.45, 2.75) is 50.3 Å². The molecule has 2 heterocycles. The number of aliphatic hydroxyl groups excluding tert-OH is 1. The molecule has 2 aliphatic heterocycles. The summed E-state index contributed by atoms with van der Waals surface area (Å²) in [7, 11) is 0. The van der Waals surface area contributed by atoms with Crippen LogP contribution in [0.1, 0.15) is 24.3 Å². The monoisotopic (exact) mass is 633 g/mol. The minimum Gasteiger partial charge on any atom is -0.388 e. The average Bonchev–Trinajstić information content (AvgIpc) is 2.79. The zero-order chi connectivity index (χ0) is 20.5. The minimum absolute atomic E-state index is 0. The second-order valence-corrected chi connectivity index (χ2v) is 8.00. The van der Waals surface area contributed by atoms with Gasteiger partial charge in [0, 0.05) is 49.6 Å². The van der Waals surface area contributed by atoms with Crippen LogP contribution in [-0.4, -0.2) is 42.2 Å². The Balaban J connectivity index is 0.00000231. The van der Waals surface area contributed by atoms with Gasteiger partial charge in [-0.2, -0.15) is 0 Å². The minimum atomic E-state index is -0.777. The molecular formula is C25H26AcO5. The summed E-state index contributed by atoms with van der Waals surface area (Å²) in [6, 6.07) is 24.3. The predicted octanol–water partition coefficient (Wildman–Crippen LogP) is 3.99. The summed E-state index contributed by atoms with van der Waals surface area (Å²) in [5.74, 6) is 0. The zero-order valence-corrected chi connectivity index (χ0v) is 22.2. The Morgan fingerprint density at radius 2 is 1.68 bits per heavy atom. The van der Waals surface area contributed by atoms with E-state index in [9.17, 15) is 5.11 Å². The molecule has 1 N–H and O–H groups in total. The summed E-state index contributed by atoms with van der Waals surface area (Å²) in [5, 5.41) is 13.2. The molecule has 3 aromatic carbocycles. The van der Waals surface area contributed by atoms with E-state index in [-0.39, 0.29) is 56.3 Å². The summed E-state index contributed by atoms with van der Waals surface area (Å²) in [5.41, 5.74) is 2.00. The van der Waals surface area contributed by atoms with Crippen LogP contribution in [0.5, 0.6) is 0 Å². The Hall–Kier alpha value is -0.838. The van der Waals surface area contributed by atoms with E-state index in [1.165, 1.54) is 10.8 Å². The Bertz CT molecular complexity index is 997. The fourth-order valence-electron chi connectivity index (χ4n) is 4.27. The van der Waals surface area contributed by atoms with Crippen LogP contribution in [0.15, 0.2) is 72.8 Å². The van der Waals surface area contributed by atoms with Crippen molar-refractivity contribution < 1.29 is 68.1 Å². The van der Waals surface area contributed by atoms with Gasteiger partial charge in [-0.15, -0.1) is 0 Å². The first-order chi connectivity index (χ1) is 14.7. The van der Waals surface area contributed by atoms with E-state index >= 15 is 0 Å². The van der Waals surface area contributed by atoms with Gasteiger partial charge < -0.3 is 24.1 Å². The molecule has 159 valence electrons. The van der Waals surface area contributed by atoms with Crippen molar-refractivity contribution in [3.05, 3.63) is 83.9 Å². The molecule has 2 aliphatic rings. The van der Waals surface area contributed by atoms with Gasteiger partial charge in [-0.25, -0.2) is 0 Å². The Labute approximate surface area is 218 Å². The summed E-state index contributed by atoms with van der Waals surface area (Å²) >= 11 is 0. The molecule has 5 nitrogen and oxygen atoms in total. The quantitative estimate of drug-likeness (QED) is 0.472. The molecule has 3 unspecified atom stereocenters. The number of fused-ring (bicyclic) bond motifs is 2. The van der Waals surface area contributed by atoms with Crippen molar-refractivity contribution in [1.29, 1.82) is 0 Å². The topological polar surface area (TPSA) is 57.2 Å². The van der Waals surface area contributed by atoms with Crippen LogP contribution in [-0.2, 0) is 25.6 Å². The number of ether oxygens (including phenoxy) is 4. The number of hydrogen-bond acceptors (Lipinski definition) is 5. The van der Waals surface area contributed by atoms with Gasteiger partial charge in [-0.1, -0.05) is 66.7 Å². The summed E-state index contributed by atoms with van der Waals surface area (Å²) < 4.78 is 24.3. The van der Waals surface area contributed by atoms with Crippen molar-refractivity contribution in [3.8, 4) is 0 Å². The number of benzene rings is 3. The van der Waals surface area contributed by atoms with Crippen LogP contribution in [0.2, 0.25) is 0 Å². The molecular weight excluding hydrogens is 607 g/mol. The van der Waals surface area contributed by atoms with Gasteiger partial charge in [0.05, 0.1) is 19.3 Å². The van der Waals surface area contributed by atoms with Gasteiger partial charge in [0.1, 0.15) is 24.4 Å². The molecule has 6 atom stereocenters. The second-order valence-electron chi connectivity index (χ2n) is 8.00. The van der Waals surface area contributed by atoms with Gasteiger partial charge in [0.25, 0.3) is 0 Å².